The van der Waals surface area contributed by atoms with Crippen LogP contribution in [0, 0.1) is 5.92 Å². The van der Waals surface area contributed by atoms with Crippen LogP contribution in [0.1, 0.15) is 38.3 Å². The number of likely N-dealkylation sites (tertiary alicyclic amines) is 1. The van der Waals surface area contributed by atoms with Gasteiger partial charge in [-0.05, 0) is 63.4 Å². The maximum Gasteiger partial charge on any atom is 0.237 e. The second-order valence-electron chi connectivity index (χ2n) is 6.23. The summed E-state index contributed by atoms with van der Waals surface area (Å²) in [7, 11) is 0. The first-order valence-corrected chi connectivity index (χ1v) is 8.78. The number of hydrogen-bond acceptors (Lipinski definition) is 3. The number of hydrogen-bond donors (Lipinski definition) is 2. The molecule has 1 aliphatic heterocycles. The van der Waals surface area contributed by atoms with E-state index in [0.29, 0.717) is 16.0 Å². The van der Waals surface area contributed by atoms with E-state index < -0.39 is 0 Å². The van der Waals surface area contributed by atoms with E-state index in [1.54, 1.807) is 12.1 Å². The van der Waals surface area contributed by atoms with Gasteiger partial charge < -0.3 is 10.4 Å². The van der Waals surface area contributed by atoms with Crippen LogP contribution in [0.25, 0.3) is 0 Å². The van der Waals surface area contributed by atoms with E-state index in [4.69, 9.17) is 23.2 Å². The van der Waals surface area contributed by atoms with E-state index in [1.165, 1.54) is 0 Å². The van der Waals surface area contributed by atoms with Crippen LogP contribution in [0.2, 0.25) is 10.0 Å². The van der Waals surface area contributed by atoms with Crippen LogP contribution in [0.5, 0.6) is 0 Å². The molecule has 1 aromatic rings. The van der Waals surface area contributed by atoms with Crippen LogP contribution in [0.15, 0.2) is 18.2 Å². The molecule has 1 amide bonds. The monoisotopic (exact) mass is 358 g/mol. The summed E-state index contributed by atoms with van der Waals surface area (Å²) in [6, 6.07) is 4.93. The first-order valence-electron chi connectivity index (χ1n) is 8.02. The molecule has 1 saturated heterocycles. The lowest BCUT2D eigenvalue weighted by Gasteiger charge is -2.35. The highest BCUT2D eigenvalue weighted by Crippen LogP contribution is 2.26. The molecule has 0 bridgehead atoms. The molecule has 2 atom stereocenters. The Balaban J connectivity index is 1.92. The average Bonchev–Trinajstić information content (AvgIpc) is 2.54. The molecule has 0 aromatic heterocycles. The van der Waals surface area contributed by atoms with Gasteiger partial charge in [0, 0.05) is 16.7 Å². The van der Waals surface area contributed by atoms with Gasteiger partial charge in [0.15, 0.2) is 0 Å². The third-order valence-electron chi connectivity index (χ3n) is 4.62. The fraction of sp³-hybridized carbons (Fsp3) is 0.588. The quantitative estimate of drug-likeness (QED) is 0.849. The fourth-order valence-electron chi connectivity index (χ4n) is 2.95. The Hall–Kier alpha value is -0.810. The Morgan fingerprint density at radius 1 is 1.35 bits per heavy atom. The predicted octanol–water partition coefficient (Wildman–Crippen LogP) is 3.26. The van der Waals surface area contributed by atoms with E-state index in [2.05, 4.69) is 10.2 Å². The van der Waals surface area contributed by atoms with Crippen molar-refractivity contribution in [3.63, 3.8) is 0 Å². The van der Waals surface area contributed by atoms with Gasteiger partial charge in [-0.25, -0.2) is 0 Å². The molecule has 0 radical (unpaired) electrons. The molecular weight excluding hydrogens is 335 g/mol. The van der Waals surface area contributed by atoms with Gasteiger partial charge in [-0.15, -0.1) is 0 Å². The average molecular weight is 359 g/mol. The fourth-order valence-corrected chi connectivity index (χ4v) is 3.53. The van der Waals surface area contributed by atoms with Crippen molar-refractivity contribution >= 4 is 29.1 Å². The molecule has 1 heterocycles. The molecule has 128 valence electrons. The number of nitrogens with one attached hydrogen (secondary N) is 1. The summed E-state index contributed by atoms with van der Waals surface area (Å²) in [5.41, 5.74) is 0.857. The summed E-state index contributed by atoms with van der Waals surface area (Å²) in [6.45, 7) is 5.76. The first kappa shape index (κ1) is 18.5. The molecule has 2 rings (SSSR count). The zero-order valence-electron chi connectivity index (χ0n) is 13.6. The zero-order valence-corrected chi connectivity index (χ0v) is 15.1. The molecule has 0 spiro atoms. The van der Waals surface area contributed by atoms with E-state index in [1.807, 2.05) is 19.9 Å². The van der Waals surface area contributed by atoms with Gasteiger partial charge in [-0.2, -0.15) is 0 Å². The van der Waals surface area contributed by atoms with Crippen molar-refractivity contribution < 1.29 is 9.90 Å². The Kier molecular flexibility index (Phi) is 6.72. The largest absolute Gasteiger partial charge is 0.396 e. The number of benzene rings is 1. The highest BCUT2D eigenvalue weighted by atomic mass is 35.5. The van der Waals surface area contributed by atoms with Crippen molar-refractivity contribution in [3.8, 4) is 0 Å². The van der Waals surface area contributed by atoms with E-state index in [9.17, 15) is 9.90 Å². The standard InChI is InChI=1S/C17H24Cl2N2O2/c1-11(15-4-3-14(18)9-16(15)19)20-17(23)12(2)21-7-5-13(10-22)6-8-21/h3-4,9,11-13,22H,5-8,10H2,1-2H3,(H,20,23). The number of halogens is 2. The van der Waals surface area contributed by atoms with Crippen molar-refractivity contribution in [3.05, 3.63) is 33.8 Å². The topological polar surface area (TPSA) is 52.6 Å². The first-order chi connectivity index (χ1) is 10.9. The van der Waals surface area contributed by atoms with Crippen LogP contribution < -0.4 is 5.32 Å². The molecule has 1 aromatic carbocycles. The van der Waals surface area contributed by atoms with Crippen molar-refractivity contribution in [1.82, 2.24) is 10.2 Å². The van der Waals surface area contributed by atoms with E-state index >= 15 is 0 Å². The van der Waals surface area contributed by atoms with Gasteiger partial charge >= 0.3 is 0 Å². The number of piperidine rings is 1. The molecule has 1 aliphatic rings. The van der Waals surface area contributed by atoms with Crippen molar-refractivity contribution in [2.45, 2.75) is 38.8 Å². The van der Waals surface area contributed by atoms with E-state index in [0.717, 1.165) is 31.5 Å². The van der Waals surface area contributed by atoms with Crippen molar-refractivity contribution in [2.75, 3.05) is 19.7 Å². The second-order valence-corrected chi connectivity index (χ2v) is 7.08. The summed E-state index contributed by atoms with van der Waals surface area (Å²) in [4.78, 5) is 14.6. The highest BCUT2D eigenvalue weighted by Gasteiger charge is 2.27. The van der Waals surface area contributed by atoms with Gasteiger partial charge in [0.25, 0.3) is 0 Å². The van der Waals surface area contributed by atoms with Gasteiger partial charge in [0.2, 0.25) is 5.91 Å². The molecule has 2 unspecified atom stereocenters. The molecule has 0 aliphatic carbocycles. The third kappa shape index (κ3) is 4.83. The van der Waals surface area contributed by atoms with Crippen molar-refractivity contribution in [2.24, 2.45) is 5.92 Å². The van der Waals surface area contributed by atoms with Crippen LogP contribution in [0.3, 0.4) is 0 Å². The van der Waals surface area contributed by atoms with Gasteiger partial charge in [0.05, 0.1) is 12.1 Å². The minimum Gasteiger partial charge on any atom is -0.396 e. The van der Waals surface area contributed by atoms with Crippen molar-refractivity contribution in [1.29, 1.82) is 0 Å². The lowest BCUT2D eigenvalue weighted by atomic mass is 9.96. The Morgan fingerprint density at radius 2 is 2.00 bits per heavy atom. The number of aliphatic hydroxyl groups is 1. The lowest BCUT2D eigenvalue weighted by Crippen LogP contribution is -2.49. The Morgan fingerprint density at radius 3 is 2.57 bits per heavy atom. The third-order valence-corrected chi connectivity index (χ3v) is 5.18. The number of rotatable bonds is 5. The second kappa shape index (κ2) is 8.34. The number of amides is 1. The minimum absolute atomic E-state index is 0.00837. The molecule has 1 fully saturated rings. The maximum atomic E-state index is 12.5. The molecule has 4 nitrogen and oxygen atoms in total. The minimum atomic E-state index is -0.192. The number of carbonyl (C=O) groups excluding carboxylic acids is 1. The Bertz CT molecular complexity index is 545. The SMILES string of the molecule is CC(NC(=O)C(C)N1CCC(CO)CC1)c1ccc(Cl)cc1Cl. The zero-order chi connectivity index (χ0) is 17.0. The van der Waals surface area contributed by atoms with Gasteiger partial charge in [-0.3, -0.25) is 9.69 Å². The predicted molar refractivity (Wildman–Crippen MR) is 93.9 cm³/mol. The van der Waals surface area contributed by atoms with Crippen LogP contribution in [-0.4, -0.2) is 41.7 Å². The van der Waals surface area contributed by atoms with Crippen LogP contribution in [0.4, 0.5) is 0 Å². The summed E-state index contributed by atoms with van der Waals surface area (Å²) in [6.07, 6.45) is 1.87. The summed E-state index contributed by atoms with van der Waals surface area (Å²) in [5.74, 6) is 0.360. The van der Waals surface area contributed by atoms with Gasteiger partial charge in [-0.1, -0.05) is 29.3 Å². The summed E-state index contributed by atoms with van der Waals surface area (Å²) in [5, 5.41) is 13.4. The molecule has 23 heavy (non-hydrogen) atoms. The normalized spacial score (nSPS) is 19.3. The van der Waals surface area contributed by atoms with Crippen LogP contribution in [-0.2, 0) is 4.79 Å². The smallest absolute Gasteiger partial charge is 0.237 e. The lowest BCUT2D eigenvalue weighted by molar-refractivity contribution is -0.127. The number of carbonyl (C=O) groups is 1. The van der Waals surface area contributed by atoms with Crippen LogP contribution >= 0.6 is 23.2 Å². The molecule has 2 N–H and O–H groups in total. The number of aliphatic hydroxyl groups excluding tert-OH is 1. The molecule has 0 saturated carbocycles. The molecule has 6 heteroatoms. The van der Waals surface area contributed by atoms with E-state index in [-0.39, 0.29) is 24.6 Å². The summed E-state index contributed by atoms with van der Waals surface area (Å²) >= 11 is 12.1. The Labute approximate surface area is 147 Å². The van der Waals surface area contributed by atoms with Gasteiger partial charge in [0.1, 0.15) is 0 Å². The highest BCUT2D eigenvalue weighted by molar-refractivity contribution is 6.35. The molecular formula is C17H24Cl2N2O2. The number of nitrogens with zero attached hydrogens (tertiary/aromatic N) is 1. The maximum absolute atomic E-state index is 12.5. The summed E-state index contributed by atoms with van der Waals surface area (Å²) < 4.78 is 0.